The van der Waals surface area contributed by atoms with Crippen molar-refractivity contribution >= 4 is 0 Å². The predicted molar refractivity (Wildman–Crippen MR) is 86.4 cm³/mol. The van der Waals surface area contributed by atoms with Crippen LogP contribution in [0.15, 0.2) is 48.5 Å². The second-order valence-electron chi connectivity index (χ2n) is 5.49. The summed E-state index contributed by atoms with van der Waals surface area (Å²) in [6, 6.07) is 16.3. The van der Waals surface area contributed by atoms with Crippen molar-refractivity contribution in [3.05, 3.63) is 70.8 Å². The van der Waals surface area contributed by atoms with Crippen LogP contribution in [0.5, 0.6) is 0 Å². The van der Waals surface area contributed by atoms with Crippen LogP contribution in [0.4, 0.5) is 0 Å². The van der Waals surface area contributed by atoms with Gasteiger partial charge in [-0.15, -0.1) is 0 Å². The van der Waals surface area contributed by atoms with E-state index in [0.717, 1.165) is 5.56 Å². The van der Waals surface area contributed by atoms with Crippen LogP contribution in [0.25, 0.3) is 0 Å². The molecule has 2 nitrogen and oxygen atoms in total. The Hall–Kier alpha value is -1.64. The van der Waals surface area contributed by atoms with Gasteiger partial charge in [0, 0.05) is 13.0 Å². The zero-order chi connectivity index (χ0) is 15.2. The SMILES string of the molecule is CCOC(c1ccccc1)C(O)Cc1cc(C)ccc1C. The van der Waals surface area contributed by atoms with Gasteiger partial charge in [-0.25, -0.2) is 0 Å². The lowest BCUT2D eigenvalue weighted by atomic mass is 9.95. The third-order valence-electron chi connectivity index (χ3n) is 3.76. The van der Waals surface area contributed by atoms with Crippen molar-refractivity contribution < 1.29 is 9.84 Å². The Kier molecular flexibility index (Phi) is 5.54. The van der Waals surface area contributed by atoms with E-state index in [4.69, 9.17) is 4.74 Å². The standard InChI is InChI=1S/C19H24O2/c1-4-21-19(16-8-6-5-7-9-16)18(20)13-17-12-14(2)10-11-15(17)3/h5-12,18-20H,4,13H2,1-3H3. The van der Waals surface area contributed by atoms with E-state index in [2.05, 4.69) is 32.0 Å². The largest absolute Gasteiger partial charge is 0.390 e. The Bertz CT molecular complexity index is 563. The Balaban J connectivity index is 2.19. The highest BCUT2D eigenvalue weighted by Gasteiger charge is 2.22. The summed E-state index contributed by atoms with van der Waals surface area (Å²) in [4.78, 5) is 0. The molecule has 0 aromatic heterocycles. The maximum absolute atomic E-state index is 10.6. The molecule has 0 saturated heterocycles. The first-order valence-corrected chi connectivity index (χ1v) is 7.52. The Morgan fingerprint density at radius 1 is 1.05 bits per heavy atom. The van der Waals surface area contributed by atoms with Crippen LogP contribution in [0.2, 0.25) is 0 Å². The maximum Gasteiger partial charge on any atom is 0.109 e. The molecule has 2 aromatic carbocycles. The average Bonchev–Trinajstić information content (AvgIpc) is 2.49. The van der Waals surface area contributed by atoms with Gasteiger partial charge in [-0.2, -0.15) is 0 Å². The lowest BCUT2D eigenvalue weighted by Crippen LogP contribution is -2.24. The Labute approximate surface area is 127 Å². The third kappa shape index (κ3) is 4.16. The van der Waals surface area contributed by atoms with E-state index in [0.29, 0.717) is 13.0 Å². The minimum Gasteiger partial charge on any atom is -0.390 e. The first kappa shape index (κ1) is 15.7. The summed E-state index contributed by atoms with van der Waals surface area (Å²) in [5.41, 5.74) is 4.64. The summed E-state index contributed by atoms with van der Waals surface area (Å²) in [5, 5.41) is 10.6. The zero-order valence-corrected chi connectivity index (χ0v) is 13.0. The molecule has 2 unspecified atom stereocenters. The molecule has 0 aliphatic heterocycles. The molecule has 0 aliphatic carbocycles. The summed E-state index contributed by atoms with van der Waals surface area (Å²) in [5.74, 6) is 0. The van der Waals surface area contributed by atoms with E-state index in [9.17, 15) is 5.11 Å². The Morgan fingerprint density at radius 2 is 1.76 bits per heavy atom. The molecule has 0 fully saturated rings. The topological polar surface area (TPSA) is 29.5 Å². The number of benzene rings is 2. The summed E-state index contributed by atoms with van der Waals surface area (Å²) < 4.78 is 5.78. The van der Waals surface area contributed by atoms with E-state index in [-0.39, 0.29) is 6.10 Å². The molecular weight excluding hydrogens is 260 g/mol. The van der Waals surface area contributed by atoms with Crippen molar-refractivity contribution in [2.24, 2.45) is 0 Å². The second-order valence-corrected chi connectivity index (χ2v) is 5.49. The van der Waals surface area contributed by atoms with Crippen LogP contribution in [0.3, 0.4) is 0 Å². The van der Waals surface area contributed by atoms with Gasteiger partial charge in [0.05, 0.1) is 6.10 Å². The van der Waals surface area contributed by atoms with Gasteiger partial charge in [0.25, 0.3) is 0 Å². The summed E-state index contributed by atoms with van der Waals surface area (Å²) in [6.45, 7) is 6.70. The predicted octanol–water partition coefficient (Wildman–Crippen LogP) is 3.98. The molecule has 0 radical (unpaired) electrons. The van der Waals surface area contributed by atoms with Crippen LogP contribution in [0.1, 0.15) is 35.3 Å². The van der Waals surface area contributed by atoms with Crippen molar-refractivity contribution in [3.8, 4) is 0 Å². The number of aliphatic hydroxyl groups excluding tert-OH is 1. The fourth-order valence-electron chi connectivity index (χ4n) is 2.60. The molecule has 0 saturated carbocycles. The molecule has 2 rings (SSSR count). The molecule has 2 atom stereocenters. The van der Waals surface area contributed by atoms with Crippen LogP contribution in [0, 0.1) is 13.8 Å². The lowest BCUT2D eigenvalue weighted by molar-refractivity contribution is -0.0340. The quantitative estimate of drug-likeness (QED) is 0.869. The number of aliphatic hydroxyl groups is 1. The molecule has 1 N–H and O–H groups in total. The lowest BCUT2D eigenvalue weighted by Gasteiger charge is -2.24. The highest BCUT2D eigenvalue weighted by atomic mass is 16.5. The van der Waals surface area contributed by atoms with Gasteiger partial charge in [0.15, 0.2) is 0 Å². The van der Waals surface area contributed by atoms with Crippen molar-refractivity contribution in [3.63, 3.8) is 0 Å². The number of hydrogen-bond donors (Lipinski definition) is 1. The van der Waals surface area contributed by atoms with Gasteiger partial charge in [-0.3, -0.25) is 0 Å². The molecule has 21 heavy (non-hydrogen) atoms. The highest BCUT2D eigenvalue weighted by Crippen LogP contribution is 2.25. The van der Waals surface area contributed by atoms with E-state index in [1.165, 1.54) is 16.7 Å². The zero-order valence-electron chi connectivity index (χ0n) is 13.0. The molecule has 112 valence electrons. The van der Waals surface area contributed by atoms with Crippen LogP contribution in [-0.4, -0.2) is 17.8 Å². The van der Waals surface area contributed by atoms with Crippen molar-refractivity contribution in [2.75, 3.05) is 6.61 Å². The Morgan fingerprint density at radius 3 is 2.43 bits per heavy atom. The molecule has 0 spiro atoms. The second kappa shape index (κ2) is 7.39. The minimum absolute atomic E-state index is 0.281. The van der Waals surface area contributed by atoms with Crippen molar-refractivity contribution in [1.29, 1.82) is 0 Å². The van der Waals surface area contributed by atoms with Crippen LogP contribution in [-0.2, 0) is 11.2 Å². The van der Waals surface area contributed by atoms with E-state index in [1.807, 2.05) is 37.3 Å². The summed E-state index contributed by atoms with van der Waals surface area (Å²) in [6.07, 6.45) is -0.225. The smallest absolute Gasteiger partial charge is 0.109 e. The third-order valence-corrected chi connectivity index (χ3v) is 3.76. The number of ether oxygens (including phenoxy) is 1. The molecule has 2 heteroatoms. The maximum atomic E-state index is 10.6. The molecular formula is C19H24O2. The van der Waals surface area contributed by atoms with Gasteiger partial charge in [0.2, 0.25) is 0 Å². The van der Waals surface area contributed by atoms with Crippen LogP contribution >= 0.6 is 0 Å². The molecule has 0 amide bonds. The van der Waals surface area contributed by atoms with E-state index in [1.54, 1.807) is 0 Å². The fraction of sp³-hybridized carbons (Fsp3) is 0.368. The monoisotopic (exact) mass is 284 g/mol. The summed E-state index contributed by atoms with van der Waals surface area (Å²) in [7, 11) is 0. The highest BCUT2D eigenvalue weighted by molar-refractivity contribution is 5.31. The molecule has 0 bridgehead atoms. The first-order chi connectivity index (χ1) is 10.1. The molecule has 0 aliphatic rings. The number of hydrogen-bond acceptors (Lipinski definition) is 2. The molecule has 2 aromatic rings. The van der Waals surface area contributed by atoms with Gasteiger partial charge < -0.3 is 9.84 Å². The fourth-order valence-corrected chi connectivity index (χ4v) is 2.60. The average molecular weight is 284 g/mol. The normalized spacial score (nSPS) is 13.9. The van der Waals surface area contributed by atoms with Crippen molar-refractivity contribution in [1.82, 2.24) is 0 Å². The van der Waals surface area contributed by atoms with Crippen LogP contribution < -0.4 is 0 Å². The van der Waals surface area contributed by atoms with Gasteiger partial charge in [0.1, 0.15) is 6.10 Å². The van der Waals surface area contributed by atoms with Gasteiger partial charge in [-0.1, -0.05) is 54.1 Å². The summed E-state index contributed by atoms with van der Waals surface area (Å²) >= 11 is 0. The van der Waals surface area contributed by atoms with Gasteiger partial charge in [-0.05, 0) is 37.5 Å². The molecule has 0 heterocycles. The van der Waals surface area contributed by atoms with E-state index < -0.39 is 6.10 Å². The van der Waals surface area contributed by atoms with Gasteiger partial charge >= 0.3 is 0 Å². The van der Waals surface area contributed by atoms with E-state index >= 15 is 0 Å². The van der Waals surface area contributed by atoms with Crippen molar-refractivity contribution in [2.45, 2.75) is 39.4 Å². The first-order valence-electron chi connectivity index (χ1n) is 7.52. The number of aryl methyl sites for hydroxylation is 2. The minimum atomic E-state index is -0.548. The number of rotatable bonds is 6.